The molecule has 96 valence electrons. The molecule has 0 aromatic heterocycles. The lowest BCUT2D eigenvalue weighted by Crippen LogP contribution is -2.72. The van der Waals surface area contributed by atoms with Gasteiger partial charge in [0, 0.05) is 11.0 Å². The van der Waals surface area contributed by atoms with Crippen molar-refractivity contribution in [1.29, 1.82) is 0 Å². The van der Waals surface area contributed by atoms with Gasteiger partial charge in [-0.2, -0.15) is 0 Å². The van der Waals surface area contributed by atoms with E-state index in [4.69, 9.17) is 4.74 Å². The molecule has 0 atom stereocenters. The van der Waals surface area contributed by atoms with Gasteiger partial charge in [-0.1, -0.05) is 22.0 Å². The summed E-state index contributed by atoms with van der Waals surface area (Å²) in [5.41, 5.74) is 0.383. The van der Waals surface area contributed by atoms with Crippen LogP contribution >= 0.6 is 15.9 Å². The van der Waals surface area contributed by atoms with Crippen LogP contribution in [0.5, 0.6) is 0 Å². The van der Waals surface area contributed by atoms with E-state index in [1.165, 1.54) is 6.07 Å². The third kappa shape index (κ3) is 1.86. The van der Waals surface area contributed by atoms with Gasteiger partial charge in [0.15, 0.2) is 0 Å². The van der Waals surface area contributed by atoms with Crippen molar-refractivity contribution in [2.24, 2.45) is 0 Å². The molecule has 2 saturated heterocycles. The van der Waals surface area contributed by atoms with Gasteiger partial charge in [-0.25, -0.2) is 4.39 Å². The van der Waals surface area contributed by atoms with Crippen molar-refractivity contribution in [1.82, 2.24) is 4.90 Å². The summed E-state index contributed by atoms with van der Waals surface area (Å²) in [7, 11) is 0. The number of hydrogen-bond acceptors (Lipinski definition) is 2. The Hall–Kier alpha value is -0.940. The molecule has 2 aliphatic rings. The molecular formula is C13H13BrFNO2. The highest BCUT2D eigenvalue weighted by atomic mass is 79.9. The molecule has 0 unspecified atom stereocenters. The van der Waals surface area contributed by atoms with Crippen LogP contribution in [0.4, 0.5) is 4.39 Å². The maximum Gasteiger partial charge on any atom is 0.227 e. The van der Waals surface area contributed by atoms with E-state index in [2.05, 4.69) is 15.9 Å². The zero-order chi connectivity index (χ0) is 12.8. The Labute approximate surface area is 113 Å². The first kappa shape index (κ1) is 12.1. The molecule has 0 saturated carbocycles. The number of hydrogen-bond donors (Lipinski definition) is 0. The number of likely N-dealkylation sites (tertiary alicyclic amines) is 1. The first-order valence-corrected chi connectivity index (χ1v) is 6.72. The number of rotatable bonds is 2. The van der Waals surface area contributed by atoms with Crippen LogP contribution in [-0.2, 0) is 16.0 Å². The van der Waals surface area contributed by atoms with Crippen molar-refractivity contribution < 1.29 is 13.9 Å². The maximum atomic E-state index is 13.7. The van der Waals surface area contributed by atoms with E-state index >= 15 is 0 Å². The summed E-state index contributed by atoms with van der Waals surface area (Å²) in [5.74, 6) is -0.345. The molecule has 0 bridgehead atoms. The summed E-state index contributed by atoms with van der Waals surface area (Å²) in [4.78, 5) is 14.0. The van der Waals surface area contributed by atoms with Crippen LogP contribution in [0.1, 0.15) is 12.0 Å². The lowest BCUT2D eigenvalue weighted by atomic mass is 9.82. The Balaban J connectivity index is 1.71. The van der Waals surface area contributed by atoms with Crippen molar-refractivity contribution in [2.45, 2.75) is 18.4 Å². The Bertz CT molecular complexity index is 496. The predicted molar refractivity (Wildman–Crippen MR) is 67.7 cm³/mol. The normalized spacial score (nSPS) is 20.4. The minimum atomic E-state index is -0.336. The fraction of sp³-hybridized carbons (Fsp3) is 0.462. The van der Waals surface area contributed by atoms with Crippen molar-refractivity contribution in [2.75, 3.05) is 19.8 Å². The number of carbonyl (C=O) groups excluding carboxylic acids is 1. The molecular weight excluding hydrogens is 301 g/mol. The standard InChI is InChI=1S/C13H13BrFNO2/c14-10-2-1-9(11(15)6-10)5-12(17)16-4-3-13(16)7-18-8-13/h1-2,6H,3-5,7-8H2. The lowest BCUT2D eigenvalue weighted by molar-refractivity contribution is -0.199. The van der Waals surface area contributed by atoms with Gasteiger partial charge in [0.25, 0.3) is 0 Å². The number of benzene rings is 1. The molecule has 5 heteroatoms. The van der Waals surface area contributed by atoms with E-state index in [1.807, 2.05) is 4.90 Å². The van der Waals surface area contributed by atoms with E-state index in [0.29, 0.717) is 23.2 Å². The zero-order valence-corrected chi connectivity index (χ0v) is 11.4. The molecule has 0 N–H and O–H groups in total. The molecule has 2 fully saturated rings. The lowest BCUT2D eigenvalue weighted by Gasteiger charge is -2.57. The monoisotopic (exact) mass is 313 g/mol. The third-order valence-electron chi connectivity index (χ3n) is 3.77. The molecule has 2 heterocycles. The molecule has 2 aliphatic heterocycles. The molecule has 1 spiro atoms. The van der Waals surface area contributed by atoms with Gasteiger partial charge in [-0.05, 0) is 24.1 Å². The number of carbonyl (C=O) groups is 1. The van der Waals surface area contributed by atoms with Gasteiger partial charge in [0.05, 0.1) is 25.2 Å². The first-order chi connectivity index (χ1) is 8.61. The second-order valence-electron chi connectivity index (χ2n) is 4.93. The molecule has 1 aromatic carbocycles. The average molecular weight is 314 g/mol. The second kappa shape index (κ2) is 4.31. The first-order valence-electron chi connectivity index (χ1n) is 5.93. The zero-order valence-electron chi connectivity index (χ0n) is 9.79. The van der Waals surface area contributed by atoms with Gasteiger partial charge in [0.1, 0.15) is 5.82 Å². The van der Waals surface area contributed by atoms with Gasteiger partial charge in [0.2, 0.25) is 5.91 Å². The molecule has 0 aliphatic carbocycles. The van der Waals surface area contributed by atoms with Gasteiger partial charge in [-0.15, -0.1) is 0 Å². The highest BCUT2D eigenvalue weighted by molar-refractivity contribution is 9.10. The average Bonchev–Trinajstić information content (AvgIpc) is 2.18. The van der Waals surface area contributed by atoms with Gasteiger partial charge >= 0.3 is 0 Å². The fourth-order valence-corrected chi connectivity index (χ4v) is 2.82. The Morgan fingerprint density at radius 1 is 1.50 bits per heavy atom. The van der Waals surface area contributed by atoms with Crippen LogP contribution < -0.4 is 0 Å². The number of nitrogens with zero attached hydrogens (tertiary/aromatic N) is 1. The van der Waals surface area contributed by atoms with E-state index in [0.717, 1.165) is 13.0 Å². The van der Waals surface area contributed by atoms with Gasteiger partial charge < -0.3 is 9.64 Å². The molecule has 3 rings (SSSR count). The van der Waals surface area contributed by atoms with E-state index in [-0.39, 0.29) is 23.7 Å². The number of halogens is 2. The minimum Gasteiger partial charge on any atom is -0.376 e. The van der Waals surface area contributed by atoms with Crippen LogP contribution in [0.15, 0.2) is 22.7 Å². The van der Waals surface area contributed by atoms with Gasteiger partial charge in [-0.3, -0.25) is 4.79 Å². The molecule has 1 amide bonds. The van der Waals surface area contributed by atoms with E-state index in [9.17, 15) is 9.18 Å². The molecule has 18 heavy (non-hydrogen) atoms. The maximum absolute atomic E-state index is 13.7. The Morgan fingerprint density at radius 3 is 2.78 bits per heavy atom. The van der Waals surface area contributed by atoms with Crippen LogP contribution in [0.2, 0.25) is 0 Å². The number of amides is 1. The fourth-order valence-electron chi connectivity index (χ4n) is 2.49. The minimum absolute atomic E-state index is 0.00854. The quantitative estimate of drug-likeness (QED) is 0.837. The summed E-state index contributed by atoms with van der Waals surface area (Å²) in [6.45, 7) is 2.02. The van der Waals surface area contributed by atoms with Crippen molar-refractivity contribution in [3.63, 3.8) is 0 Å². The van der Waals surface area contributed by atoms with Crippen LogP contribution in [0, 0.1) is 5.82 Å². The smallest absolute Gasteiger partial charge is 0.227 e. The molecule has 3 nitrogen and oxygen atoms in total. The van der Waals surface area contributed by atoms with Crippen molar-refractivity contribution in [3.8, 4) is 0 Å². The highest BCUT2D eigenvalue weighted by Gasteiger charge is 2.52. The third-order valence-corrected chi connectivity index (χ3v) is 4.27. The molecule has 0 radical (unpaired) electrons. The SMILES string of the molecule is O=C(Cc1ccc(Br)cc1F)N1CCC12COC2. The van der Waals surface area contributed by atoms with Crippen molar-refractivity contribution >= 4 is 21.8 Å². The summed E-state index contributed by atoms with van der Waals surface area (Å²) >= 11 is 3.20. The highest BCUT2D eigenvalue weighted by Crippen LogP contribution is 2.37. The predicted octanol–water partition coefficient (Wildman–Crippen LogP) is 2.13. The second-order valence-corrected chi connectivity index (χ2v) is 5.84. The summed E-state index contributed by atoms with van der Waals surface area (Å²) < 4.78 is 19.5. The summed E-state index contributed by atoms with van der Waals surface area (Å²) in [5, 5.41) is 0. The largest absolute Gasteiger partial charge is 0.376 e. The Morgan fingerprint density at radius 2 is 2.28 bits per heavy atom. The topological polar surface area (TPSA) is 29.5 Å². The van der Waals surface area contributed by atoms with Crippen molar-refractivity contribution in [3.05, 3.63) is 34.1 Å². The number of ether oxygens (including phenoxy) is 1. The van der Waals surface area contributed by atoms with Crippen LogP contribution in [0.3, 0.4) is 0 Å². The summed E-state index contributed by atoms with van der Waals surface area (Å²) in [6, 6.07) is 4.80. The molecule has 1 aromatic rings. The van der Waals surface area contributed by atoms with E-state index in [1.54, 1.807) is 12.1 Å². The van der Waals surface area contributed by atoms with Crippen LogP contribution in [0.25, 0.3) is 0 Å². The summed E-state index contributed by atoms with van der Waals surface area (Å²) in [6.07, 6.45) is 1.13. The Kier molecular flexibility index (Phi) is 2.90. The van der Waals surface area contributed by atoms with E-state index < -0.39 is 0 Å². The van der Waals surface area contributed by atoms with Crippen LogP contribution in [-0.4, -0.2) is 36.1 Å².